The van der Waals surface area contributed by atoms with Gasteiger partial charge in [-0.1, -0.05) is 26.0 Å². The van der Waals surface area contributed by atoms with Crippen molar-refractivity contribution in [2.75, 3.05) is 44.9 Å². The number of nitrogens with zero attached hydrogens (tertiary/aromatic N) is 4. The highest BCUT2D eigenvalue weighted by Crippen LogP contribution is 2.29. The number of benzene rings is 1. The maximum Gasteiger partial charge on any atom is 0.336 e. The molecule has 41 heavy (non-hydrogen) atoms. The minimum Gasteiger partial charge on any atom is -0.497 e. The molecular weight excluding hydrogens is 536 g/mol. The number of morpholine rings is 1. The summed E-state index contributed by atoms with van der Waals surface area (Å²) in [6.45, 7) is 10.6. The first-order valence-electron chi connectivity index (χ1n) is 13.4. The van der Waals surface area contributed by atoms with Gasteiger partial charge in [-0.2, -0.15) is 0 Å². The Morgan fingerprint density at radius 2 is 1.61 bits per heavy atom. The Labute approximate surface area is 238 Å². The highest BCUT2D eigenvalue weighted by molar-refractivity contribution is 5.88. The molecule has 1 fully saturated rings. The number of methoxy groups -OCH3 is 1. The Hall–Kier alpha value is -3.81. The smallest absolute Gasteiger partial charge is 0.336 e. The van der Waals surface area contributed by atoms with Gasteiger partial charge in [0.25, 0.3) is 0 Å². The van der Waals surface area contributed by atoms with Crippen LogP contribution < -0.4 is 9.64 Å². The number of carbonyl (C=O) groups is 3. The van der Waals surface area contributed by atoms with Crippen LogP contribution in [0.3, 0.4) is 0 Å². The summed E-state index contributed by atoms with van der Waals surface area (Å²) in [6, 6.07) is 8.35. The van der Waals surface area contributed by atoms with E-state index in [9.17, 15) is 14.4 Å². The highest BCUT2D eigenvalue weighted by Gasteiger charge is 2.40. The normalized spacial score (nSPS) is 15.5. The molecule has 0 unspecified atom stereocenters. The fourth-order valence-electron chi connectivity index (χ4n) is 4.62. The Morgan fingerprint density at radius 1 is 1.00 bits per heavy atom. The average Bonchev–Trinajstić information content (AvgIpc) is 2.92. The van der Waals surface area contributed by atoms with Gasteiger partial charge in [0.15, 0.2) is 5.60 Å². The SMILES string of the molecule is COc1ccc(CN2CCc3c(nc(C(C)C)nc3N3CCOCC3)C2)cc1.O=C(O)CC(O)(CC(=O)O)C(=O)O. The van der Waals surface area contributed by atoms with Crippen LogP contribution in [0.25, 0.3) is 0 Å². The predicted molar refractivity (Wildman–Crippen MR) is 147 cm³/mol. The molecule has 0 atom stereocenters. The topological polar surface area (TPSA) is 183 Å². The van der Waals surface area contributed by atoms with E-state index < -0.39 is 36.4 Å². The number of aliphatic hydroxyl groups is 1. The number of carboxylic acids is 3. The van der Waals surface area contributed by atoms with Gasteiger partial charge in [-0.25, -0.2) is 14.8 Å². The van der Waals surface area contributed by atoms with E-state index in [1.54, 1.807) is 7.11 Å². The van der Waals surface area contributed by atoms with E-state index >= 15 is 0 Å². The van der Waals surface area contributed by atoms with E-state index in [4.69, 9.17) is 39.9 Å². The molecule has 0 spiro atoms. The van der Waals surface area contributed by atoms with Gasteiger partial charge in [0, 0.05) is 44.2 Å². The molecule has 1 saturated heterocycles. The number of rotatable bonds is 10. The summed E-state index contributed by atoms with van der Waals surface area (Å²) < 4.78 is 10.8. The van der Waals surface area contributed by atoms with Crippen LogP contribution in [0.1, 0.15) is 55.3 Å². The predicted octanol–water partition coefficient (Wildman–Crippen LogP) is 1.76. The minimum absolute atomic E-state index is 0.321. The van der Waals surface area contributed by atoms with Crippen molar-refractivity contribution < 1.29 is 44.3 Å². The van der Waals surface area contributed by atoms with Crippen LogP contribution in [0.4, 0.5) is 5.82 Å². The van der Waals surface area contributed by atoms with Gasteiger partial charge in [-0.05, 0) is 24.1 Å². The van der Waals surface area contributed by atoms with Crippen molar-refractivity contribution in [3.63, 3.8) is 0 Å². The molecule has 0 amide bonds. The van der Waals surface area contributed by atoms with Crippen molar-refractivity contribution in [3.8, 4) is 5.75 Å². The monoisotopic (exact) mass is 574 g/mol. The molecule has 1 aromatic heterocycles. The second-order valence-corrected chi connectivity index (χ2v) is 10.4. The zero-order chi connectivity index (χ0) is 30.2. The fraction of sp³-hybridized carbons (Fsp3) is 0.536. The zero-order valence-electron chi connectivity index (χ0n) is 23.6. The Kier molecular flexibility index (Phi) is 11.0. The van der Waals surface area contributed by atoms with Crippen LogP contribution in [0, 0.1) is 0 Å². The Bertz CT molecular complexity index is 1200. The van der Waals surface area contributed by atoms with Crippen molar-refractivity contribution in [2.24, 2.45) is 0 Å². The maximum absolute atomic E-state index is 10.3. The number of anilines is 1. The summed E-state index contributed by atoms with van der Waals surface area (Å²) in [5, 5.41) is 33.8. The van der Waals surface area contributed by atoms with Gasteiger partial charge >= 0.3 is 17.9 Å². The van der Waals surface area contributed by atoms with Gasteiger partial charge in [-0.15, -0.1) is 0 Å². The summed E-state index contributed by atoms with van der Waals surface area (Å²) >= 11 is 0. The molecule has 2 aromatic rings. The van der Waals surface area contributed by atoms with E-state index in [0.29, 0.717) is 5.92 Å². The summed E-state index contributed by atoms with van der Waals surface area (Å²) in [5.74, 6) is -1.71. The van der Waals surface area contributed by atoms with E-state index in [2.05, 4.69) is 35.8 Å². The fourth-order valence-corrected chi connectivity index (χ4v) is 4.62. The molecule has 224 valence electrons. The minimum atomic E-state index is -2.74. The van der Waals surface area contributed by atoms with Crippen LogP contribution in [-0.2, 0) is 38.6 Å². The Balaban J connectivity index is 0.000000302. The first-order chi connectivity index (χ1) is 19.4. The number of hydrogen-bond donors (Lipinski definition) is 4. The first kappa shape index (κ1) is 31.7. The third-order valence-corrected chi connectivity index (χ3v) is 6.82. The molecule has 0 radical (unpaired) electrons. The molecule has 13 nitrogen and oxygen atoms in total. The molecular formula is C28H38N4O9. The third kappa shape index (κ3) is 8.84. The average molecular weight is 575 g/mol. The molecule has 0 bridgehead atoms. The van der Waals surface area contributed by atoms with Gasteiger partial charge in [0.1, 0.15) is 17.4 Å². The maximum atomic E-state index is 10.3. The van der Waals surface area contributed by atoms with Crippen molar-refractivity contribution in [1.82, 2.24) is 14.9 Å². The van der Waals surface area contributed by atoms with Crippen molar-refractivity contribution in [1.29, 1.82) is 0 Å². The zero-order valence-corrected chi connectivity index (χ0v) is 23.6. The molecule has 3 heterocycles. The van der Waals surface area contributed by atoms with Crippen LogP contribution in [0.15, 0.2) is 24.3 Å². The molecule has 2 aliphatic rings. The van der Waals surface area contributed by atoms with Gasteiger partial charge in [0.05, 0.1) is 38.9 Å². The lowest BCUT2D eigenvalue weighted by atomic mass is 9.96. The molecule has 0 aliphatic carbocycles. The van der Waals surface area contributed by atoms with Crippen LogP contribution in [-0.4, -0.2) is 98.8 Å². The summed E-state index contributed by atoms with van der Waals surface area (Å²) in [6.07, 6.45) is -1.29. The molecule has 2 aliphatic heterocycles. The molecule has 4 N–H and O–H groups in total. The number of ether oxygens (including phenoxy) is 2. The summed E-state index contributed by atoms with van der Waals surface area (Å²) in [5.41, 5.74) is 1.09. The second-order valence-electron chi connectivity index (χ2n) is 10.4. The van der Waals surface area contributed by atoms with E-state index in [-0.39, 0.29) is 0 Å². The summed E-state index contributed by atoms with van der Waals surface area (Å²) in [7, 11) is 1.70. The lowest BCUT2D eigenvalue weighted by molar-refractivity contribution is -0.170. The van der Waals surface area contributed by atoms with E-state index in [0.717, 1.165) is 69.8 Å². The highest BCUT2D eigenvalue weighted by atomic mass is 16.5. The second kappa shape index (κ2) is 14.2. The number of carboxylic acid groups (broad SMARTS) is 3. The van der Waals surface area contributed by atoms with Crippen LogP contribution in [0.2, 0.25) is 0 Å². The van der Waals surface area contributed by atoms with E-state index in [1.807, 2.05) is 12.1 Å². The Morgan fingerprint density at radius 3 is 2.12 bits per heavy atom. The van der Waals surface area contributed by atoms with Crippen molar-refractivity contribution in [3.05, 3.63) is 46.9 Å². The molecule has 13 heteroatoms. The largest absolute Gasteiger partial charge is 0.497 e. The third-order valence-electron chi connectivity index (χ3n) is 6.82. The van der Waals surface area contributed by atoms with Gasteiger partial charge in [-0.3, -0.25) is 14.5 Å². The first-order valence-corrected chi connectivity index (χ1v) is 13.4. The van der Waals surface area contributed by atoms with Crippen LogP contribution >= 0.6 is 0 Å². The van der Waals surface area contributed by atoms with E-state index in [1.165, 1.54) is 16.8 Å². The lowest BCUT2D eigenvalue weighted by Gasteiger charge is -2.34. The number of aromatic nitrogens is 2. The molecule has 1 aromatic carbocycles. The lowest BCUT2D eigenvalue weighted by Crippen LogP contribution is -2.42. The van der Waals surface area contributed by atoms with Crippen LogP contribution in [0.5, 0.6) is 5.75 Å². The molecule has 4 rings (SSSR count). The van der Waals surface area contributed by atoms with Gasteiger partial charge < -0.3 is 34.8 Å². The molecule has 0 saturated carbocycles. The number of fused-ring (bicyclic) bond motifs is 1. The standard InChI is InChI=1S/C22H30N4O2.C6H8O7/c1-16(2)21-23-20-15-25(14-17-4-6-18(27-3)7-5-17)9-8-19(20)22(24-21)26-10-12-28-13-11-26;7-3(8)1-6(13,5(11)12)2-4(9)10/h4-7,16H,8-15H2,1-3H3;13H,1-2H2,(H,7,8)(H,9,10)(H,11,12). The van der Waals surface area contributed by atoms with Crippen molar-refractivity contribution in [2.45, 2.75) is 57.7 Å². The number of hydrogen-bond acceptors (Lipinski definition) is 10. The summed E-state index contributed by atoms with van der Waals surface area (Å²) in [4.78, 5) is 45.3. The number of aliphatic carboxylic acids is 3. The quantitative estimate of drug-likeness (QED) is 0.322. The van der Waals surface area contributed by atoms with Crippen molar-refractivity contribution >= 4 is 23.7 Å². The van der Waals surface area contributed by atoms with Gasteiger partial charge in [0.2, 0.25) is 0 Å².